The number of alkyl carbamates (subject to hydrolysis) is 1. The van der Waals surface area contributed by atoms with E-state index in [2.05, 4.69) is 27.7 Å². The number of rotatable bonds is 8. The molecular weight excluding hydrogens is 358 g/mol. The van der Waals surface area contributed by atoms with Crippen molar-refractivity contribution in [3.63, 3.8) is 0 Å². The van der Waals surface area contributed by atoms with Gasteiger partial charge in [-0.3, -0.25) is 9.69 Å². The third-order valence-electron chi connectivity index (χ3n) is 4.31. The fourth-order valence-electron chi connectivity index (χ4n) is 2.84. The molecule has 2 amide bonds. The van der Waals surface area contributed by atoms with Crippen molar-refractivity contribution < 1.29 is 19.1 Å². The van der Waals surface area contributed by atoms with Gasteiger partial charge in [0.25, 0.3) is 0 Å². The van der Waals surface area contributed by atoms with Crippen LogP contribution >= 0.6 is 0 Å². The Balaban J connectivity index is 1.62. The van der Waals surface area contributed by atoms with Crippen LogP contribution in [0.3, 0.4) is 0 Å². The SMILES string of the molecule is CC(C)(C)OC(=O)NCCCC(=O)Nc1ccc(CCN2CCOCC2)cc1. The van der Waals surface area contributed by atoms with Crippen molar-refractivity contribution >= 4 is 17.7 Å². The minimum absolute atomic E-state index is 0.0629. The van der Waals surface area contributed by atoms with Gasteiger partial charge < -0.3 is 20.1 Å². The van der Waals surface area contributed by atoms with Gasteiger partial charge >= 0.3 is 6.09 Å². The van der Waals surface area contributed by atoms with Crippen LogP contribution in [0.15, 0.2) is 24.3 Å². The maximum Gasteiger partial charge on any atom is 0.407 e. The number of anilines is 1. The van der Waals surface area contributed by atoms with Gasteiger partial charge in [0.15, 0.2) is 0 Å². The summed E-state index contributed by atoms with van der Waals surface area (Å²) in [5, 5.41) is 5.55. The van der Waals surface area contributed by atoms with E-state index in [1.807, 2.05) is 32.9 Å². The number of hydrogen-bond donors (Lipinski definition) is 2. The first kappa shape index (κ1) is 22.2. The van der Waals surface area contributed by atoms with E-state index < -0.39 is 11.7 Å². The predicted molar refractivity (Wildman–Crippen MR) is 110 cm³/mol. The van der Waals surface area contributed by atoms with Crippen LogP contribution in [0.4, 0.5) is 10.5 Å². The first-order chi connectivity index (χ1) is 13.3. The third kappa shape index (κ3) is 9.19. The average molecular weight is 392 g/mol. The maximum atomic E-state index is 12.0. The molecule has 0 unspecified atom stereocenters. The number of nitrogens with one attached hydrogen (secondary N) is 2. The molecule has 0 aromatic heterocycles. The first-order valence-corrected chi connectivity index (χ1v) is 9.97. The first-order valence-electron chi connectivity index (χ1n) is 9.97. The molecule has 1 saturated heterocycles. The Bertz CT molecular complexity index is 620. The van der Waals surface area contributed by atoms with Crippen molar-refractivity contribution in [3.8, 4) is 0 Å². The summed E-state index contributed by atoms with van der Waals surface area (Å²) in [6.07, 6.45) is 1.43. The van der Waals surface area contributed by atoms with Gasteiger partial charge in [-0.25, -0.2) is 4.79 Å². The number of nitrogens with zero attached hydrogens (tertiary/aromatic N) is 1. The number of amides is 2. The lowest BCUT2D eigenvalue weighted by atomic mass is 10.1. The molecule has 28 heavy (non-hydrogen) atoms. The molecular formula is C21H33N3O4. The zero-order valence-corrected chi connectivity index (χ0v) is 17.3. The van der Waals surface area contributed by atoms with Crippen molar-refractivity contribution in [1.29, 1.82) is 0 Å². The van der Waals surface area contributed by atoms with E-state index in [0.717, 1.165) is 45.0 Å². The summed E-state index contributed by atoms with van der Waals surface area (Å²) < 4.78 is 10.5. The summed E-state index contributed by atoms with van der Waals surface area (Å²) in [4.78, 5) is 26.0. The van der Waals surface area contributed by atoms with Gasteiger partial charge in [0.2, 0.25) is 5.91 Å². The molecule has 1 heterocycles. The van der Waals surface area contributed by atoms with Crippen LogP contribution in [-0.4, -0.2) is 61.9 Å². The molecule has 0 saturated carbocycles. The molecule has 1 aromatic rings. The summed E-state index contributed by atoms with van der Waals surface area (Å²) in [5.74, 6) is -0.0629. The third-order valence-corrected chi connectivity index (χ3v) is 4.31. The highest BCUT2D eigenvalue weighted by molar-refractivity contribution is 5.90. The molecule has 0 bridgehead atoms. The quantitative estimate of drug-likeness (QED) is 0.666. The molecule has 1 aliphatic rings. The Hall–Kier alpha value is -2.12. The fraction of sp³-hybridized carbons (Fsp3) is 0.619. The second-order valence-electron chi connectivity index (χ2n) is 7.98. The molecule has 1 aromatic carbocycles. The molecule has 2 N–H and O–H groups in total. The molecule has 0 aliphatic carbocycles. The lowest BCUT2D eigenvalue weighted by molar-refractivity contribution is -0.116. The number of carbonyl (C=O) groups is 2. The Morgan fingerprint density at radius 3 is 2.46 bits per heavy atom. The Labute approximate surface area is 167 Å². The van der Waals surface area contributed by atoms with Gasteiger partial charge in [-0.05, 0) is 51.3 Å². The van der Waals surface area contributed by atoms with Crippen molar-refractivity contribution in [3.05, 3.63) is 29.8 Å². The van der Waals surface area contributed by atoms with E-state index in [0.29, 0.717) is 19.4 Å². The van der Waals surface area contributed by atoms with Crippen molar-refractivity contribution in [2.75, 3.05) is 44.7 Å². The van der Waals surface area contributed by atoms with Crippen LogP contribution in [0.1, 0.15) is 39.2 Å². The lowest BCUT2D eigenvalue weighted by Crippen LogP contribution is -2.37. The summed E-state index contributed by atoms with van der Waals surface area (Å²) in [5.41, 5.74) is 1.53. The number of morpholine rings is 1. The summed E-state index contributed by atoms with van der Waals surface area (Å²) >= 11 is 0. The van der Waals surface area contributed by atoms with Gasteiger partial charge in [-0.15, -0.1) is 0 Å². The number of ether oxygens (including phenoxy) is 2. The molecule has 7 heteroatoms. The van der Waals surface area contributed by atoms with Crippen molar-refractivity contribution in [2.45, 2.75) is 45.6 Å². The smallest absolute Gasteiger partial charge is 0.407 e. The highest BCUT2D eigenvalue weighted by atomic mass is 16.6. The largest absolute Gasteiger partial charge is 0.444 e. The fourth-order valence-corrected chi connectivity index (χ4v) is 2.84. The number of benzene rings is 1. The van der Waals surface area contributed by atoms with Crippen molar-refractivity contribution in [2.24, 2.45) is 0 Å². The monoisotopic (exact) mass is 391 g/mol. The number of carbonyl (C=O) groups excluding carboxylic acids is 2. The van der Waals surface area contributed by atoms with E-state index in [9.17, 15) is 9.59 Å². The van der Waals surface area contributed by atoms with E-state index in [1.54, 1.807) is 0 Å². The van der Waals surface area contributed by atoms with Crippen LogP contribution in [-0.2, 0) is 20.7 Å². The van der Waals surface area contributed by atoms with E-state index in [-0.39, 0.29) is 5.91 Å². The Morgan fingerprint density at radius 1 is 1.14 bits per heavy atom. The second-order valence-corrected chi connectivity index (χ2v) is 7.98. The zero-order valence-electron chi connectivity index (χ0n) is 17.3. The molecule has 7 nitrogen and oxygen atoms in total. The summed E-state index contributed by atoms with van der Waals surface area (Å²) in [7, 11) is 0. The highest BCUT2D eigenvalue weighted by Crippen LogP contribution is 2.12. The van der Waals surface area contributed by atoms with Crippen LogP contribution in [0.25, 0.3) is 0 Å². The van der Waals surface area contributed by atoms with Gasteiger partial charge in [-0.2, -0.15) is 0 Å². The van der Waals surface area contributed by atoms with E-state index >= 15 is 0 Å². The number of hydrogen-bond acceptors (Lipinski definition) is 5. The predicted octanol–water partition coefficient (Wildman–Crippen LogP) is 2.80. The van der Waals surface area contributed by atoms with Crippen molar-refractivity contribution in [1.82, 2.24) is 10.2 Å². The second kappa shape index (κ2) is 11.0. The van der Waals surface area contributed by atoms with Gasteiger partial charge in [0.05, 0.1) is 13.2 Å². The molecule has 0 radical (unpaired) electrons. The minimum atomic E-state index is -0.518. The normalized spacial score (nSPS) is 15.1. The van der Waals surface area contributed by atoms with Gasteiger partial charge in [0.1, 0.15) is 5.60 Å². The van der Waals surface area contributed by atoms with Crippen LogP contribution in [0, 0.1) is 0 Å². The summed E-state index contributed by atoms with van der Waals surface area (Å²) in [6, 6.07) is 7.98. The minimum Gasteiger partial charge on any atom is -0.444 e. The van der Waals surface area contributed by atoms with Crippen LogP contribution in [0.2, 0.25) is 0 Å². The molecule has 0 atom stereocenters. The standard InChI is InChI=1S/C21H33N3O4/c1-21(2,3)28-20(26)22-11-4-5-19(25)23-18-8-6-17(7-9-18)10-12-24-13-15-27-16-14-24/h6-9H,4-5,10-16H2,1-3H3,(H,22,26)(H,23,25). The van der Waals surface area contributed by atoms with E-state index in [1.165, 1.54) is 5.56 Å². The average Bonchev–Trinajstić information content (AvgIpc) is 2.64. The highest BCUT2D eigenvalue weighted by Gasteiger charge is 2.15. The topological polar surface area (TPSA) is 79.9 Å². The molecule has 0 spiro atoms. The lowest BCUT2D eigenvalue weighted by Gasteiger charge is -2.26. The Kier molecular flexibility index (Phi) is 8.73. The summed E-state index contributed by atoms with van der Waals surface area (Å²) in [6.45, 7) is 10.5. The van der Waals surface area contributed by atoms with E-state index in [4.69, 9.17) is 9.47 Å². The molecule has 1 aliphatic heterocycles. The van der Waals surface area contributed by atoms with Crippen LogP contribution < -0.4 is 10.6 Å². The van der Waals surface area contributed by atoms with Crippen LogP contribution in [0.5, 0.6) is 0 Å². The van der Waals surface area contributed by atoms with Gasteiger partial charge in [-0.1, -0.05) is 12.1 Å². The maximum absolute atomic E-state index is 12.0. The Morgan fingerprint density at radius 2 is 1.82 bits per heavy atom. The zero-order chi connectivity index (χ0) is 20.4. The van der Waals surface area contributed by atoms with Gasteiger partial charge in [0, 0.05) is 38.3 Å². The molecule has 2 rings (SSSR count). The molecule has 156 valence electrons. The molecule has 1 fully saturated rings.